The summed E-state index contributed by atoms with van der Waals surface area (Å²) in [4.78, 5) is 13.2. The third kappa shape index (κ3) is 3.66. The lowest BCUT2D eigenvalue weighted by Crippen LogP contribution is -2.22. The van der Waals surface area contributed by atoms with E-state index in [-0.39, 0.29) is 23.2 Å². The van der Waals surface area contributed by atoms with Crippen molar-refractivity contribution in [3.63, 3.8) is 0 Å². The van der Waals surface area contributed by atoms with E-state index in [0.29, 0.717) is 12.8 Å². The van der Waals surface area contributed by atoms with Crippen LogP contribution >= 0.6 is 0 Å². The average Bonchev–Trinajstić information content (AvgIpc) is 2.28. The maximum atomic E-state index is 13.7. The zero-order valence-corrected chi connectivity index (χ0v) is 11.8. The van der Waals surface area contributed by atoms with Gasteiger partial charge in [0.2, 0.25) is 5.91 Å². The van der Waals surface area contributed by atoms with Crippen molar-refractivity contribution in [2.45, 2.75) is 26.7 Å². The SMILES string of the molecule is CCC(CC)C(=O)Nc1cc(F)c(N(C)C)c(F)c1. The second kappa shape index (κ2) is 6.50. The fourth-order valence-electron chi connectivity index (χ4n) is 1.97. The predicted molar refractivity (Wildman–Crippen MR) is 73.4 cm³/mol. The molecule has 0 fully saturated rings. The Morgan fingerprint density at radius 3 is 2.05 bits per heavy atom. The summed E-state index contributed by atoms with van der Waals surface area (Å²) in [7, 11) is 3.12. The van der Waals surface area contributed by atoms with Crippen LogP contribution in [0.3, 0.4) is 0 Å². The average molecular weight is 270 g/mol. The lowest BCUT2D eigenvalue weighted by molar-refractivity contribution is -0.120. The molecule has 0 heterocycles. The Morgan fingerprint density at radius 2 is 1.68 bits per heavy atom. The maximum absolute atomic E-state index is 13.7. The van der Waals surface area contributed by atoms with Crippen molar-refractivity contribution < 1.29 is 13.6 Å². The molecule has 0 bridgehead atoms. The largest absolute Gasteiger partial charge is 0.373 e. The molecule has 1 rings (SSSR count). The first-order valence-corrected chi connectivity index (χ1v) is 6.37. The van der Waals surface area contributed by atoms with Gasteiger partial charge in [-0.1, -0.05) is 13.8 Å². The number of amides is 1. The van der Waals surface area contributed by atoms with Crippen molar-refractivity contribution in [1.29, 1.82) is 0 Å². The van der Waals surface area contributed by atoms with Crippen molar-refractivity contribution in [2.24, 2.45) is 5.92 Å². The van der Waals surface area contributed by atoms with Crippen LogP contribution in [0.5, 0.6) is 0 Å². The number of hydrogen-bond acceptors (Lipinski definition) is 2. The number of carbonyl (C=O) groups excluding carboxylic acids is 1. The molecule has 0 aromatic heterocycles. The Kier molecular flexibility index (Phi) is 5.27. The summed E-state index contributed by atoms with van der Waals surface area (Å²) in [6.45, 7) is 3.81. The predicted octanol–water partition coefficient (Wildman–Crippen LogP) is 3.41. The zero-order valence-electron chi connectivity index (χ0n) is 11.8. The minimum atomic E-state index is -0.690. The summed E-state index contributed by atoms with van der Waals surface area (Å²) >= 11 is 0. The number of hydrogen-bond donors (Lipinski definition) is 1. The molecule has 1 aromatic carbocycles. The second-order valence-corrected chi connectivity index (χ2v) is 4.69. The molecule has 106 valence electrons. The van der Waals surface area contributed by atoms with E-state index in [4.69, 9.17) is 0 Å². The van der Waals surface area contributed by atoms with Crippen molar-refractivity contribution >= 4 is 17.3 Å². The van der Waals surface area contributed by atoms with Crippen LogP contribution < -0.4 is 10.2 Å². The smallest absolute Gasteiger partial charge is 0.227 e. The van der Waals surface area contributed by atoms with E-state index in [2.05, 4.69) is 5.32 Å². The summed E-state index contributed by atoms with van der Waals surface area (Å²) in [5, 5.41) is 2.55. The molecule has 0 atom stereocenters. The molecule has 0 radical (unpaired) electrons. The molecule has 1 N–H and O–H groups in total. The molecule has 5 heteroatoms. The fourth-order valence-corrected chi connectivity index (χ4v) is 1.97. The monoisotopic (exact) mass is 270 g/mol. The third-order valence-electron chi connectivity index (χ3n) is 3.09. The Balaban J connectivity index is 2.95. The van der Waals surface area contributed by atoms with E-state index in [1.54, 1.807) is 14.1 Å². The quantitative estimate of drug-likeness (QED) is 0.889. The van der Waals surface area contributed by atoms with Gasteiger partial charge in [-0.3, -0.25) is 4.79 Å². The van der Waals surface area contributed by atoms with Crippen molar-refractivity contribution in [3.8, 4) is 0 Å². The van der Waals surface area contributed by atoms with Crippen LogP contribution in [-0.4, -0.2) is 20.0 Å². The van der Waals surface area contributed by atoms with Gasteiger partial charge in [-0.25, -0.2) is 8.78 Å². The number of anilines is 2. The molecule has 1 amide bonds. The number of benzene rings is 1. The number of carbonyl (C=O) groups is 1. The van der Waals surface area contributed by atoms with Crippen LogP contribution in [0.25, 0.3) is 0 Å². The van der Waals surface area contributed by atoms with Gasteiger partial charge in [0.15, 0.2) is 11.6 Å². The Hall–Kier alpha value is -1.65. The Labute approximate surface area is 112 Å². The molecule has 0 saturated carbocycles. The number of nitrogens with one attached hydrogen (secondary N) is 1. The topological polar surface area (TPSA) is 32.3 Å². The van der Waals surface area contributed by atoms with Gasteiger partial charge in [-0.2, -0.15) is 0 Å². The van der Waals surface area contributed by atoms with Gasteiger partial charge in [0.05, 0.1) is 0 Å². The lowest BCUT2D eigenvalue weighted by Gasteiger charge is -2.17. The van der Waals surface area contributed by atoms with Crippen molar-refractivity contribution in [1.82, 2.24) is 0 Å². The molecule has 0 unspecified atom stereocenters. The number of halogens is 2. The van der Waals surface area contributed by atoms with Gasteiger partial charge in [0.25, 0.3) is 0 Å². The molecular formula is C14H20F2N2O. The first-order chi connectivity index (χ1) is 8.90. The summed E-state index contributed by atoms with van der Waals surface area (Å²) < 4.78 is 27.5. The molecule has 0 spiro atoms. The van der Waals surface area contributed by atoms with Gasteiger partial charge in [-0.05, 0) is 25.0 Å². The second-order valence-electron chi connectivity index (χ2n) is 4.69. The van der Waals surface area contributed by atoms with E-state index in [1.807, 2.05) is 13.8 Å². The first kappa shape index (κ1) is 15.4. The van der Waals surface area contributed by atoms with Crippen LogP contribution in [0.1, 0.15) is 26.7 Å². The minimum Gasteiger partial charge on any atom is -0.373 e. The number of nitrogens with zero attached hydrogens (tertiary/aromatic N) is 1. The molecule has 0 aliphatic heterocycles. The molecule has 1 aromatic rings. The fraction of sp³-hybridized carbons (Fsp3) is 0.500. The van der Waals surface area contributed by atoms with Crippen LogP contribution in [0.4, 0.5) is 20.2 Å². The zero-order chi connectivity index (χ0) is 14.6. The first-order valence-electron chi connectivity index (χ1n) is 6.37. The van der Waals surface area contributed by atoms with Crippen molar-refractivity contribution in [2.75, 3.05) is 24.3 Å². The highest BCUT2D eigenvalue weighted by atomic mass is 19.1. The van der Waals surface area contributed by atoms with Gasteiger partial charge in [0.1, 0.15) is 5.69 Å². The minimum absolute atomic E-state index is 0.111. The highest BCUT2D eigenvalue weighted by Gasteiger charge is 2.17. The van der Waals surface area contributed by atoms with Crippen LogP contribution in [-0.2, 0) is 4.79 Å². The van der Waals surface area contributed by atoms with Gasteiger partial charge in [-0.15, -0.1) is 0 Å². The Bertz CT molecular complexity index is 434. The summed E-state index contributed by atoms with van der Waals surface area (Å²) in [6.07, 6.45) is 1.39. The summed E-state index contributed by atoms with van der Waals surface area (Å²) in [5.74, 6) is -1.73. The summed E-state index contributed by atoms with van der Waals surface area (Å²) in [6, 6.07) is 2.28. The summed E-state index contributed by atoms with van der Waals surface area (Å²) in [5.41, 5.74) is 0.0398. The molecule has 19 heavy (non-hydrogen) atoms. The van der Waals surface area contributed by atoms with E-state index >= 15 is 0 Å². The van der Waals surface area contributed by atoms with E-state index in [0.717, 1.165) is 12.1 Å². The normalized spacial score (nSPS) is 10.7. The third-order valence-corrected chi connectivity index (χ3v) is 3.09. The molecule has 0 saturated heterocycles. The standard InChI is InChI=1S/C14H20F2N2O/c1-5-9(6-2)14(19)17-10-7-11(15)13(18(3)4)12(16)8-10/h7-9H,5-6H2,1-4H3,(H,17,19). The molecular weight excluding hydrogens is 250 g/mol. The van der Waals surface area contributed by atoms with E-state index in [1.165, 1.54) is 4.90 Å². The molecule has 0 aliphatic carbocycles. The van der Waals surface area contributed by atoms with E-state index < -0.39 is 11.6 Å². The van der Waals surface area contributed by atoms with Crippen LogP contribution in [0, 0.1) is 17.6 Å². The van der Waals surface area contributed by atoms with Crippen LogP contribution in [0.15, 0.2) is 12.1 Å². The highest BCUT2D eigenvalue weighted by Crippen LogP contribution is 2.26. The van der Waals surface area contributed by atoms with E-state index in [9.17, 15) is 13.6 Å². The van der Waals surface area contributed by atoms with Crippen LogP contribution in [0.2, 0.25) is 0 Å². The maximum Gasteiger partial charge on any atom is 0.227 e. The Morgan fingerprint density at radius 1 is 1.21 bits per heavy atom. The van der Waals surface area contributed by atoms with Gasteiger partial charge in [0, 0.05) is 25.7 Å². The van der Waals surface area contributed by atoms with Gasteiger partial charge >= 0.3 is 0 Å². The lowest BCUT2D eigenvalue weighted by atomic mass is 10.0. The molecule has 0 aliphatic rings. The number of rotatable bonds is 5. The highest BCUT2D eigenvalue weighted by molar-refractivity contribution is 5.92. The van der Waals surface area contributed by atoms with Gasteiger partial charge < -0.3 is 10.2 Å². The van der Waals surface area contributed by atoms with Crippen molar-refractivity contribution in [3.05, 3.63) is 23.8 Å². The molecule has 3 nitrogen and oxygen atoms in total.